The highest BCUT2D eigenvalue weighted by molar-refractivity contribution is 5.75. The Morgan fingerprint density at radius 3 is 2.62 bits per heavy atom. The molecule has 4 aromatic heterocycles. The lowest BCUT2D eigenvalue weighted by atomic mass is 10.1. The van der Waals surface area contributed by atoms with Crippen LogP contribution in [0, 0.1) is 12.7 Å². The van der Waals surface area contributed by atoms with E-state index in [9.17, 15) is 9.18 Å². The van der Waals surface area contributed by atoms with Gasteiger partial charge >= 0.3 is 6.03 Å². The predicted octanol–water partition coefficient (Wildman–Crippen LogP) is 3.44. The van der Waals surface area contributed by atoms with Crippen LogP contribution in [-0.2, 0) is 0 Å². The molecule has 0 radical (unpaired) electrons. The number of carbonyl (C=O) groups is 1. The summed E-state index contributed by atoms with van der Waals surface area (Å²) in [5.74, 6) is 2.75. The Kier molecular flexibility index (Phi) is 6.55. The molecule has 202 valence electrons. The van der Waals surface area contributed by atoms with Crippen molar-refractivity contribution >= 4 is 23.6 Å². The summed E-state index contributed by atoms with van der Waals surface area (Å²) in [7, 11) is 0. The molecule has 1 saturated carbocycles. The van der Waals surface area contributed by atoms with E-state index < -0.39 is 5.82 Å². The fourth-order valence-electron chi connectivity index (χ4n) is 4.58. The summed E-state index contributed by atoms with van der Waals surface area (Å²) in [4.78, 5) is 30.5. The van der Waals surface area contributed by atoms with E-state index in [-0.39, 0.29) is 12.1 Å². The first-order valence-electron chi connectivity index (χ1n) is 13.1. The van der Waals surface area contributed by atoms with Gasteiger partial charge in [0, 0.05) is 61.8 Å². The SMILES string of the molecule is Cc1cc(Nc2cc(C3CC3)[nH]n2)nc(N2CCN(C(=O)NC(C)c3ccc(-n4cc(F)cn4)nc3)CC2)n1. The quantitative estimate of drug-likeness (QED) is 0.330. The summed E-state index contributed by atoms with van der Waals surface area (Å²) < 4.78 is 14.6. The van der Waals surface area contributed by atoms with Crippen LogP contribution in [0.25, 0.3) is 5.82 Å². The number of piperazine rings is 1. The Labute approximate surface area is 224 Å². The molecule has 4 aromatic rings. The molecular formula is C26H30FN11O. The minimum absolute atomic E-state index is 0.141. The summed E-state index contributed by atoms with van der Waals surface area (Å²) in [6, 6.07) is 7.14. The van der Waals surface area contributed by atoms with Crippen LogP contribution in [0.3, 0.4) is 0 Å². The number of pyridine rings is 1. The number of carbonyl (C=O) groups excluding carboxylic acids is 1. The van der Waals surface area contributed by atoms with E-state index in [1.54, 1.807) is 17.2 Å². The van der Waals surface area contributed by atoms with Gasteiger partial charge in [0.1, 0.15) is 5.82 Å². The maximum absolute atomic E-state index is 13.2. The van der Waals surface area contributed by atoms with Crippen molar-refractivity contribution in [2.75, 3.05) is 36.4 Å². The normalized spacial score (nSPS) is 16.3. The molecule has 3 N–H and O–H groups in total. The number of aryl methyl sites for hydroxylation is 1. The Hall–Kier alpha value is -4.55. The van der Waals surface area contributed by atoms with Crippen LogP contribution in [-0.4, -0.2) is 72.0 Å². The average molecular weight is 532 g/mol. The van der Waals surface area contributed by atoms with Crippen LogP contribution in [0.15, 0.2) is 42.9 Å². The highest BCUT2D eigenvalue weighted by Gasteiger charge is 2.26. The number of aromatic amines is 1. The standard InChI is InChI=1S/C26H30FN11O/c1-16-11-22(32-23-12-21(34-35-23)18-3-4-18)33-25(30-16)36-7-9-37(10-8-36)26(39)31-17(2)19-5-6-24(28-13-19)38-15-20(27)14-29-38/h5-6,11-15,17-18H,3-4,7-10H2,1-2H3,(H,31,39)(H2,30,32,33,34,35). The minimum atomic E-state index is -0.427. The van der Waals surface area contributed by atoms with Gasteiger partial charge in [-0.25, -0.2) is 23.8 Å². The molecule has 1 aliphatic carbocycles. The molecule has 0 bridgehead atoms. The monoisotopic (exact) mass is 531 g/mol. The van der Waals surface area contributed by atoms with E-state index in [4.69, 9.17) is 4.98 Å². The number of H-pyrrole nitrogens is 1. The molecule has 1 aliphatic heterocycles. The lowest BCUT2D eigenvalue weighted by Gasteiger charge is -2.35. The van der Waals surface area contributed by atoms with Crippen molar-refractivity contribution in [2.24, 2.45) is 0 Å². The molecule has 1 saturated heterocycles. The molecule has 5 heterocycles. The molecule has 2 amide bonds. The van der Waals surface area contributed by atoms with Gasteiger partial charge in [-0.05, 0) is 38.3 Å². The number of amides is 2. The van der Waals surface area contributed by atoms with E-state index in [2.05, 4.69) is 40.8 Å². The maximum atomic E-state index is 13.2. The molecule has 0 aromatic carbocycles. The van der Waals surface area contributed by atoms with Crippen LogP contribution in [0.1, 0.15) is 48.7 Å². The van der Waals surface area contributed by atoms with Gasteiger partial charge in [0.15, 0.2) is 17.5 Å². The van der Waals surface area contributed by atoms with Crippen LogP contribution in [0.2, 0.25) is 0 Å². The van der Waals surface area contributed by atoms with Crippen molar-refractivity contribution in [3.8, 4) is 5.82 Å². The second kappa shape index (κ2) is 10.3. The first-order valence-corrected chi connectivity index (χ1v) is 13.1. The van der Waals surface area contributed by atoms with Crippen LogP contribution in [0.4, 0.5) is 26.8 Å². The fourth-order valence-corrected chi connectivity index (χ4v) is 4.58. The second-order valence-electron chi connectivity index (χ2n) is 10.0. The molecule has 12 nitrogen and oxygen atoms in total. The third-order valence-electron chi connectivity index (χ3n) is 6.96. The number of nitrogens with zero attached hydrogens (tertiary/aromatic N) is 8. The average Bonchev–Trinajstić information content (AvgIpc) is 3.53. The van der Waals surface area contributed by atoms with Gasteiger partial charge in [0.05, 0.1) is 18.4 Å². The molecule has 1 unspecified atom stereocenters. The van der Waals surface area contributed by atoms with Gasteiger partial charge in [0.25, 0.3) is 0 Å². The summed E-state index contributed by atoms with van der Waals surface area (Å²) in [5, 5.41) is 17.7. The maximum Gasteiger partial charge on any atom is 0.317 e. The molecule has 39 heavy (non-hydrogen) atoms. The van der Waals surface area contributed by atoms with Gasteiger partial charge in [-0.2, -0.15) is 15.2 Å². The number of anilines is 3. The zero-order valence-electron chi connectivity index (χ0n) is 21.8. The van der Waals surface area contributed by atoms with Crippen LogP contribution < -0.4 is 15.5 Å². The highest BCUT2D eigenvalue weighted by atomic mass is 19.1. The van der Waals surface area contributed by atoms with Crippen LogP contribution >= 0.6 is 0 Å². The highest BCUT2D eigenvalue weighted by Crippen LogP contribution is 2.39. The van der Waals surface area contributed by atoms with E-state index in [0.29, 0.717) is 49.7 Å². The third kappa shape index (κ3) is 5.66. The number of nitrogens with one attached hydrogen (secondary N) is 3. The molecule has 13 heteroatoms. The van der Waals surface area contributed by atoms with Crippen molar-refractivity contribution in [1.82, 2.24) is 45.1 Å². The number of halogens is 1. The molecular weight excluding hydrogens is 501 g/mol. The molecule has 0 spiro atoms. The predicted molar refractivity (Wildman–Crippen MR) is 143 cm³/mol. The summed E-state index contributed by atoms with van der Waals surface area (Å²) in [6.45, 7) is 6.18. The number of hydrogen-bond acceptors (Lipinski definition) is 8. The molecule has 1 atom stereocenters. The number of urea groups is 1. The molecule has 2 fully saturated rings. The van der Waals surface area contributed by atoms with Crippen molar-refractivity contribution in [1.29, 1.82) is 0 Å². The van der Waals surface area contributed by atoms with Gasteiger partial charge in [-0.1, -0.05) is 6.07 Å². The summed E-state index contributed by atoms with van der Waals surface area (Å²) in [5.41, 5.74) is 2.85. The topological polar surface area (TPSA) is 133 Å². The zero-order valence-corrected chi connectivity index (χ0v) is 21.8. The van der Waals surface area contributed by atoms with Gasteiger partial charge in [0.2, 0.25) is 5.95 Å². The number of rotatable bonds is 7. The molecule has 2 aliphatic rings. The van der Waals surface area contributed by atoms with E-state index in [1.165, 1.54) is 23.7 Å². The van der Waals surface area contributed by atoms with Crippen molar-refractivity contribution in [3.63, 3.8) is 0 Å². The van der Waals surface area contributed by atoms with Crippen molar-refractivity contribution in [3.05, 3.63) is 65.6 Å². The Bertz CT molecular complexity index is 1450. The molecule has 6 rings (SSSR count). The van der Waals surface area contributed by atoms with E-state index in [0.717, 1.165) is 29.0 Å². The largest absolute Gasteiger partial charge is 0.337 e. The van der Waals surface area contributed by atoms with Gasteiger partial charge in [-0.15, -0.1) is 0 Å². The van der Waals surface area contributed by atoms with E-state index in [1.807, 2.05) is 32.0 Å². The van der Waals surface area contributed by atoms with Crippen LogP contribution in [0.5, 0.6) is 0 Å². The first-order chi connectivity index (χ1) is 18.9. The Morgan fingerprint density at radius 1 is 1.10 bits per heavy atom. The third-order valence-corrected chi connectivity index (χ3v) is 6.96. The summed E-state index contributed by atoms with van der Waals surface area (Å²) in [6.07, 6.45) is 6.47. The Morgan fingerprint density at radius 2 is 1.92 bits per heavy atom. The first kappa shape index (κ1) is 24.8. The minimum Gasteiger partial charge on any atom is -0.337 e. The van der Waals surface area contributed by atoms with Gasteiger partial charge in [-0.3, -0.25) is 5.10 Å². The number of aromatic nitrogens is 7. The van der Waals surface area contributed by atoms with Crippen molar-refractivity contribution in [2.45, 2.75) is 38.6 Å². The summed E-state index contributed by atoms with van der Waals surface area (Å²) >= 11 is 0. The zero-order chi connectivity index (χ0) is 26.9. The Balaban J connectivity index is 1.03. The second-order valence-corrected chi connectivity index (χ2v) is 10.0. The fraction of sp³-hybridized carbons (Fsp3) is 0.385. The van der Waals surface area contributed by atoms with Gasteiger partial charge < -0.3 is 20.4 Å². The van der Waals surface area contributed by atoms with Crippen molar-refractivity contribution < 1.29 is 9.18 Å². The lowest BCUT2D eigenvalue weighted by Crippen LogP contribution is -2.52. The lowest BCUT2D eigenvalue weighted by molar-refractivity contribution is 0.191. The smallest absolute Gasteiger partial charge is 0.317 e. The number of hydrogen-bond donors (Lipinski definition) is 3. The van der Waals surface area contributed by atoms with E-state index >= 15 is 0 Å².